The minimum atomic E-state index is 0.101. The molecule has 0 saturated carbocycles. The lowest BCUT2D eigenvalue weighted by Gasteiger charge is -2.17. The maximum absolute atomic E-state index is 11.3. The molecular formula is C10H21NO2. The van der Waals surface area contributed by atoms with Crippen LogP contribution in [0.15, 0.2) is 0 Å². The summed E-state index contributed by atoms with van der Waals surface area (Å²) >= 11 is 0. The van der Waals surface area contributed by atoms with E-state index in [1.54, 1.807) is 4.90 Å². The fourth-order valence-electron chi connectivity index (χ4n) is 0.998. The monoisotopic (exact) mass is 187 g/mol. The molecule has 0 unspecified atom stereocenters. The molecule has 0 spiro atoms. The number of rotatable bonds is 6. The van der Waals surface area contributed by atoms with Crippen molar-refractivity contribution in [1.29, 1.82) is 0 Å². The molecule has 0 radical (unpaired) electrons. The summed E-state index contributed by atoms with van der Waals surface area (Å²) in [6, 6.07) is 0. The minimum absolute atomic E-state index is 0.101. The van der Waals surface area contributed by atoms with Gasteiger partial charge in [-0.25, -0.2) is 0 Å². The quantitative estimate of drug-likeness (QED) is 0.680. The molecule has 78 valence electrons. The van der Waals surface area contributed by atoms with E-state index in [4.69, 9.17) is 5.11 Å². The first-order valence-electron chi connectivity index (χ1n) is 4.92. The van der Waals surface area contributed by atoms with Gasteiger partial charge in [0, 0.05) is 26.6 Å². The molecule has 0 heterocycles. The Balaban J connectivity index is 3.57. The topological polar surface area (TPSA) is 40.5 Å². The van der Waals surface area contributed by atoms with E-state index in [1.165, 1.54) is 0 Å². The normalized spacial score (nSPS) is 10.5. The summed E-state index contributed by atoms with van der Waals surface area (Å²) in [6.45, 7) is 5.21. The van der Waals surface area contributed by atoms with Crippen molar-refractivity contribution in [2.24, 2.45) is 5.92 Å². The SMILES string of the molecule is CC(C)CCN(C)C(=O)CCCO. The number of nitrogens with zero attached hydrogens (tertiary/aromatic N) is 1. The van der Waals surface area contributed by atoms with Crippen LogP contribution >= 0.6 is 0 Å². The van der Waals surface area contributed by atoms with E-state index in [-0.39, 0.29) is 12.5 Å². The van der Waals surface area contributed by atoms with E-state index in [0.29, 0.717) is 18.8 Å². The van der Waals surface area contributed by atoms with Gasteiger partial charge < -0.3 is 10.0 Å². The Bertz CT molecular complexity index is 146. The maximum atomic E-state index is 11.3. The van der Waals surface area contributed by atoms with Gasteiger partial charge in [-0.15, -0.1) is 0 Å². The predicted molar refractivity (Wildman–Crippen MR) is 53.4 cm³/mol. The van der Waals surface area contributed by atoms with Crippen LogP contribution in [-0.2, 0) is 4.79 Å². The summed E-state index contributed by atoms with van der Waals surface area (Å²) in [5, 5.41) is 8.54. The molecule has 13 heavy (non-hydrogen) atoms. The van der Waals surface area contributed by atoms with Gasteiger partial charge in [-0.3, -0.25) is 4.79 Å². The van der Waals surface area contributed by atoms with Crippen LogP contribution < -0.4 is 0 Å². The molecule has 0 aromatic carbocycles. The number of aliphatic hydroxyl groups is 1. The van der Waals surface area contributed by atoms with Crippen LogP contribution in [0.2, 0.25) is 0 Å². The molecular weight excluding hydrogens is 166 g/mol. The number of aliphatic hydroxyl groups excluding tert-OH is 1. The Hall–Kier alpha value is -0.570. The summed E-state index contributed by atoms with van der Waals surface area (Å²) in [5.41, 5.74) is 0. The number of amides is 1. The van der Waals surface area contributed by atoms with Gasteiger partial charge in [0.1, 0.15) is 0 Å². The highest BCUT2D eigenvalue weighted by Gasteiger charge is 2.07. The zero-order valence-corrected chi connectivity index (χ0v) is 8.92. The van der Waals surface area contributed by atoms with Gasteiger partial charge in [-0.2, -0.15) is 0 Å². The second-order valence-corrected chi connectivity index (χ2v) is 3.82. The van der Waals surface area contributed by atoms with Gasteiger partial charge in [0.2, 0.25) is 5.91 Å². The van der Waals surface area contributed by atoms with E-state index >= 15 is 0 Å². The predicted octanol–water partition coefficient (Wildman–Crippen LogP) is 1.26. The van der Waals surface area contributed by atoms with Gasteiger partial charge >= 0.3 is 0 Å². The largest absolute Gasteiger partial charge is 0.396 e. The van der Waals surface area contributed by atoms with Crippen molar-refractivity contribution < 1.29 is 9.90 Å². The first-order valence-corrected chi connectivity index (χ1v) is 4.92. The molecule has 0 saturated heterocycles. The molecule has 1 N–H and O–H groups in total. The Labute approximate surface area is 80.7 Å². The number of carbonyl (C=O) groups is 1. The van der Waals surface area contributed by atoms with E-state index in [0.717, 1.165) is 13.0 Å². The second kappa shape index (κ2) is 6.89. The highest BCUT2D eigenvalue weighted by Crippen LogP contribution is 2.02. The van der Waals surface area contributed by atoms with Gasteiger partial charge in [0.25, 0.3) is 0 Å². The van der Waals surface area contributed by atoms with Gasteiger partial charge in [-0.1, -0.05) is 13.8 Å². The number of hydrogen-bond donors (Lipinski definition) is 1. The van der Waals surface area contributed by atoms with Crippen LogP contribution in [0.4, 0.5) is 0 Å². The average Bonchev–Trinajstić information content (AvgIpc) is 2.10. The van der Waals surface area contributed by atoms with Crippen LogP contribution in [0.25, 0.3) is 0 Å². The zero-order chi connectivity index (χ0) is 10.3. The summed E-state index contributed by atoms with van der Waals surface area (Å²) in [7, 11) is 1.82. The van der Waals surface area contributed by atoms with Crippen molar-refractivity contribution in [2.75, 3.05) is 20.2 Å². The summed E-state index contributed by atoms with van der Waals surface area (Å²) in [5.74, 6) is 0.766. The Morgan fingerprint density at radius 2 is 2.08 bits per heavy atom. The van der Waals surface area contributed by atoms with Gasteiger partial charge in [-0.05, 0) is 18.8 Å². The fourth-order valence-corrected chi connectivity index (χ4v) is 0.998. The highest BCUT2D eigenvalue weighted by molar-refractivity contribution is 5.75. The van der Waals surface area contributed by atoms with Gasteiger partial charge in [0.05, 0.1) is 0 Å². The lowest BCUT2D eigenvalue weighted by molar-refractivity contribution is -0.130. The maximum Gasteiger partial charge on any atom is 0.222 e. The summed E-state index contributed by atoms with van der Waals surface area (Å²) in [4.78, 5) is 13.1. The van der Waals surface area contributed by atoms with Crippen molar-refractivity contribution in [3.8, 4) is 0 Å². The molecule has 0 aliphatic carbocycles. The van der Waals surface area contributed by atoms with Crippen molar-refractivity contribution in [1.82, 2.24) is 4.90 Å². The summed E-state index contributed by atoms with van der Waals surface area (Å²) < 4.78 is 0. The van der Waals surface area contributed by atoms with Crippen LogP contribution in [0.5, 0.6) is 0 Å². The van der Waals surface area contributed by atoms with Crippen LogP contribution in [0, 0.1) is 5.92 Å². The van der Waals surface area contributed by atoms with E-state index in [9.17, 15) is 4.79 Å². The smallest absolute Gasteiger partial charge is 0.222 e. The third-order valence-electron chi connectivity index (χ3n) is 2.02. The van der Waals surface area contributed by atoms with Crippen molar-refractivity contribution >= 4 is 5.91 Å². The van der Waals surface area contributed by atoms with E-state index in [2.05, 4.69) is 13.8 Å². The standard InChI is InChI=1S/C10H21NO2/c1-9(2)6-7-11(3)10(13)5-4-8-12/h9,12H,4-8H2,1-3H3. The molecule has 0 bridgehead atoms. The second-order valence-electron chi connectivity index (χ2n) is 3.82. The van der Waals surface area contributed by atoms with Crippen molar-refractivity contribution in [3.05, 3.63) is 0 Å². The third kappa shape index (κ3) is 6.58. The lowest BCUT2D eigenvalue weighted by Crippen LogP contribution is -2.28. The third-order valence-corrected chi connectivity index (χ3v) is 2.02. The highest BCUT2D eigenvalue weighted by atomic mass is 16.3. The summed E-state index contributed by atoms with van der Waals surface area (Å²) in [6.07, 6.45) is 2.08. The van der Waals surface area contributed by atoms with Crippen LogP contribution in [0.1, 0.15) is 33.1 Å². The zero-order valence-electron chi connectivity index (χ0n) is 8.92. The average molecular weight is 187 g/mol. The number of carbonyl (C=O) groups excluding carboxylic acids is 1. The van der Waals surface area contributed by atoms with Crippen LogP contribution in [-0.4, -0.2) is 36.1 Å². The number of hydrogen-bond acceptors (Lipinski definition) is 2. The lowest BCUT2D eigenvalue weighted by atomic mass is 10.1. The molecule has 0 atom stereocenters. The van der Waals surface area contributed by atoms with E-state index < -0.39 is 0 Å². The molecule has 3 heteroatoms. The Kier molecular flexibility index (Phi) is 6.59. The Morgan fingerprint density at radius 3 is 2.54 bits per heavy atom. The van der Waals surface area contributed by atoms with E-state index in [1.807, 2.05) is 7.05 Å². The molecule has 0 fully saturated rings. The first kappa shape index (κ1) is 12.4. The van der Waals surface area contributed by atoms with Gasteiger partial charge in [0.15, 0.2) is 0 Å². The molecule has 0 aromatic heterocycles. The van der Waals surface area contributed by atoms with Crippen molar-refractivity contribution in [3.63, 3.8) is 0 Å². The minimum Gasteiger partial charge on any atom is -0.396 e. The molecule has 0 aliphatic heterocycles. The molecule has 0 aliphatic rings. The fraction of sp³-hybridized carbons (Fsp3) is 0.900. The van der Waals surface area contributed by atoms with Crippen LogP contribution in [0.3, 0.4) is 0 Å². The molecule has 3 nitrogen and oxygen atoms in total. The molecule has 1 amide bonds. The first-order chi connectivity index (χ1) is 6.07. The Morgan fingerprint density at radius 1 is 1.46 bits per heavy atom. The molecule has 0 rings (SSSR count). The molecule has 0 aromatic rings. The van der Waals surface area contributed by atoms with Crippen molar-refractivity contribution in [2.45, 2.75) is 33.1 Å².